The van der Waals surface area contributed by atoms with E-state index in [1.165, 1.54) is 0 Å². The lowest BCUT2D eigenvalue weighted by Crippen LogP contribution is -2.46. The molecule has 5 nitrogen and oxygen atoms in total. The van der Waals surface area contributed by atoms with Gasteiger partial charge in [0.2, 0.25) is 5.91 Å². The second kappa shape index (κ2) is 7.89. The molecule has 0 N–H and O–H groups in total. The van der Waals surface area contributed by atoms with E-state index in [-0.39, 0.29) is 36.0 Å². The van der Waals surface area contributed by atoms with E-state index in [1.54, 1.807) is 11.8 Å². The van der Waals surface area contributed by atoms with Crippen molar-refractivity contribution in [2.45, 2.75) is 23.4 Å². The number of rotatable bonds is 4. The summed E-state index contributed by atoms with van der Waals surface area (Å²) in [6, 6.07) is 18.0. The minimum atomic E-state index is -2.97. The lowest BCUT2D eigenvalue weighted by molar-refractivity contribution is -0.120. The highest BCUT2D eigenvalue weighted by atomic mass is 32.2. The Labute approximate surface area is 170 Å². The van der Waals surface area contributed by atoms with Gasteiger partial charge in [-0.1, -0.05) is 42.5 Å². The number of likely N-dealkylation sites (N-methyl/N-ethyl adjacent to an activating group) is 1. The molecule has 0 spiro atoms. The van der Waals surface area contributed by atoms with E-state index in [9.17, 15) is 13.2 Å². The molecule has 0 aliphatic carbocycles. The largest absolute Gasteiger partial charge is 0.302 e. The van der Waals surface area contributed by atoms with Crippen LogP contribution >= 0.6 is 11.8 Å². The third-order valence-electron chi connectivity index (χ3n) is 5.50. The van der Waals surface area contributed by atoms with Crippen LogP contribution in [0.1, 0.15) is 18.0 Å². The smallest absolute Gasteiger partial charge is 0.241 e. The first-order chi connectivity index (χ1) is 13.4. The van der Waals surface area contributed by atoms with Crippen molar-refractivity contribution in [2.24, 2.45) is 0 Å². The average Bonchev–Trinajstić information content (AvgIpc) is 3.07. The van der Waals surface area contributed by atoms with Crippen molar-refractivity contribution in [2.75, 3.05) is 35.8 Å². The van der Waals surface area contributed by atoms with Crippen molar-refractivity contribution in [3.05, 3.63) is 60.2 Å². The first-order valence-corrected chi connectivity index (χ1v) is 12.2. The molecule has 1 amide bonds. The Bertz CT molecular complexity index is 963. The lowest BCUT2D eigenvalue weighted by Gasteiger charge is -2.38. The summed E-state index contributed by atoms with van der Waals surface area (Å²) in [6.07, 6.45) is 0.598. The molecule has 2 atom stereocenters. The van der Waals surface area contributed by atoms with Crippen LogP contribution in [0, 0.1) is 0 Å². The van der Waals surface area contributed by atoms with Gasteiger partial charge in [-0.2, -0.15) is 0 Å². The lowest BCUT2D eigenvalue weighted by atomic mass is 10.0. The van der Waals surface area contributed by atoms with Gasteiger partial charge in [0.15, 0.2) is 9.84 Å². The highest BCUT2D eigenvalue weighted by Gasteiger charge is 2.35. The molecule has 2 aromatic carbocycles. The summed E-state index contributed by atoms with van der Waals surface area (Å²) in [7, 11) is -1.12. The first-order valence-electron chi connectivity index (χ1n) is 9.44. The zero-order chi connectivity index (χ0) is 19.7. The number of nitrogens with zero attached hydrogens (tertiary/aromatic N) is 2. The zero-order valence-electron chi connectivity index (χ0n) is 15.8. The van der Waals surface area contributed by atoms with E-state index in [2.05, 4.69) is 18.2 Å². The summed E-state index contributed by atoms with van der Waals surface area (Å²) < 4.78 is 23.6. The van der Waals surface area contributed by atoms with Gasteiger partial charge < -0.3 is 4.90 Å². The number of carbonyl (C=O) groups excluding carboxylic acids is 1. The summed E-state index contributed by atoms with van der Waals surface area (Å²) in [5.41, 5.74) is 2.05. The van der Waals surface area contributed by atoms with Gasteiger partial charge in [-0.15, -0.1) is 11.8 Å². The van der Waals surface area contributed by atoms with Crippen LogP contribution in [-0.2, 0) is 14.6 Å². The zero-order valence-corrected chi connectivity index (χ0v) is 17.5. The molecular weight excluding hydrogens is 392 g/mol. The number of fused-ring (bicyclic) bond motifs is 1. The number of hydrogen-bond acceptors (Lipinski definition) is 5. The highest BCUT2D eigenvalue weighted by Crippen LogP contribution is 2.43. The normalized spacial score (nSPS) is 23.6. The van der Waals surface area contributed by atoms with Crippen molar-refractivity contribution in [1.29, 1.82) is 0 Å². The van der Waals surface area contributed by atoms with Gasteiger partial charge in [0.05, 0.1) is 29.8 Å². The van der Waals surface area contributed by atoms with Crippen LogP contribution in [0.25, 0.3) is 0 Å². The number of sulfone groups is 1. The van der Waals surface area contributed by atoms with Gasteiger partial charge in [-0.05, 0) is 31.2 Å². The molecule has 28 heavy (non-hydrogen) atoms. The summed E-state index contributed by atoms with van der Waals surface area (Å²) in [6.45, 7) is 0.211. The van der Waals surface area contributed by atoms with Gasteiger partial charge in [-0.3, -0.25) is 9.69 Å². The minimum absolute atomic E-state index is 0.00778. The van der Waals surface area contributed by atoms with Crippen LogP contribution in [0.4, 0.5) is 5.69 Å². The third-order valence-corrected chi connectivity index (χ3v) is 8.39. The Balaban J connectivity index is 1.60. The second-order valence-electron chi connectivity index (χ2n) is 7.44. The van der Waals surface area contributed by atoms with Crippen molar-refractivity contribution < 1.29 is 13.2 Å². The van der Waals surface area contributed by atoms with Crippen molar-refractivity contribution in [3.63, 3.8) is 0 Å². The number of benzene rings is 2. The summed E-state index contributed by atoms with van der Waals surface area (Å²) in [5.74, 6) is 1.17. The number of carbonyl (C=O) groups is 1. The summed E-state index contributed by atoms with van der Waals surface area (Å²) >= 11 is 1.77. The van der Waals surface area contributed by atoms with E-state index in [1.807, 2.05) is 53.2 Å². The van der Waals surface area contributed by atoms with Crippen molar-refractivity contribution in [3.8, 4) is 0 Å². The molecule has 1 fully saturated rings. The Hall–Kier alpha value is -1.83. The van der Waals surface area contributed by atoms with E-state index in [4.69, 9.17) is 0 Å². The molecular formula is C21H24N2O3S2. The topological polar surface area (TPSA) is 57.7 Å². The molecule has 148 valence electrons. The van der Waals surface area contributed by atoms with Crippen LogP contribution in [0.5, 0.6) is 0 Å². The molecule has 2 heterocycles. The minimum Gasteiger partial charge on any atom is -0.302 e. The number of amides is 1. The fourth-order valence-electron chi connectivity index (χ4n) is 3.96. The second-order valence-corrected chi connectivity index (χ2v) is 10.7. The van der Waals surface area contributed by atoms with Crippen molar-refractivity contribution >= 4 is 33.2 Å². The molecule has 0 bridgehead atoms. The van der Waals surface area contributed by atoms with Crippen LogP contribution in [0.3, 0.4) is 0 Å². The van der Waals surface area contributed by atoms with E-state index < -0.39 is 9.84 Å². The fourth-order valence-corrected chi connectivity index (χ4v) is 6.93. The summed E-state index contributed by atoms with van der Waals surface area (Å²) in [5, 5.41) is 0. The molecule has 7 heteroatoms. The third kappa shape index (κ3) is 3.97. The molecule has 0 radical (unpaired) electrons. The predicted octanol–water partition coefficient (Wildman–Crippen LogP) is 2.99. The predicted molar refractivity (Wildman–Crippen MR) is 114 cm³/mol. The number of hydrogen-bond donors (Lipinski definition) is 0. The van der Waals surface area contributed by atoms with Gasteiger partial charge >= 0.3 is 0 Å². The monoisotopic (exact) mass is 416 g/mol. The van der Waals surface area contributed by atoms with Crippen LogP contribution in [0.2, 0.25) is 0 Å². The van der Waals surface area contributed by atoms with E-state index >= 15 is 0 Å². The van der Waals surface area contributed by atoms with Crippen LogP contribution in [0.15, 0.2) is 59.5 Å². The Morgan fingerprint density at radius 3 is 2.57 bits per heavy atom. The summed E-state index contributed by atoms with van der Waals surface area (Å²) in [4.78, 5) is 18.3. The first kappa shape index (κ1) is 19.5. The van der Waals surface area contributed by atoms with E-state index in [0.29, 0.717) is 6.42 Å². The Morgan fingerprint density at radius 2 is 1.86 bits per heavy atom. The number of thioether (sulfide) groups is 1. The standard InChI is InChI=1S/C21H24N2O3S2/c1-22(17-11-12-28(25,26)15-17)13-21(24)23-18-9-5-6-10-20(18)27-14-19(23)16-7-3-2-4-8-16/h2-10,17,19H,11-15H2,1H3/t17-,19-/m0/s1. The molecule has 4 rings (SSSR count). The molecule has 2 aliphatic rings. The molecule has 0 aromatic heterocycles. The Morgan fingerprint density at radius 1 is 1.14 bits per heavy atom. The molecule has 0 unspecified atom stereocenters. The maximum atomic E-state index is 13.4. The number of para-hydroxylation sites is 1. The number of anilines is 1. The molecule has 2 aliphatic heterocycles. The van der Waals surface area contributed by atoms with Gasteiger partial charge in [0.25, 0.3) is 0 Å². The van der Waals surface area contributed by atoms with Gasteiger partial charge in [-0.25, -0.2) is 8.42 Å². The van der Waals surface area contributed by atoms with Crippen LogP contribution < -0.4 is 4.90 Å². The average molecular weight is 417 g/mol. The van der Waals surface area contributed by atoms with Crippen LogP contribution in [-0.4, -0.2) is 56.1 Å². The molecule has 0 saturated carbocycles. The highest BCUT2D eigenvalue weighted by molar-refractivity contribution is 7.99. The molecule has 2 aromatic rings. The molecule has 1 saturated heterocycles. The van der Waals surface area contributed by atoms with Gasteiger partial charge in [0.1, 0.15) is 0 Å². The fraction of sp³-hybridized carbons (Fsp3) is 0.381. The van der Waals surface area contributed by atoms with Crippen molar-refractivity contribution in [1.82, 2.24) is 4.90 Å². The SMILES string of the molecule is CN(CC(=O)N1c2ccccc2SC[C@H]1c1ccccc1)[C@H]1CCS(=O)(=O)C1. The quantitative estimate of drug-likeness (QED) is 0.767. The maximum absolute atomic E-state index is 13.4. The van der Waals surface area contributed by atoms with E-state index in [0.717, 1.165) is 21.9 Å². The van der Waals surface area contributed by atoms with Gasteiger partial charge in [0, 0.05) is 16.7 Å². The maximum Gasteiger partial charge on any atom is 0.241 e. The Kier molecular flexibility index (Phi) is 5.49.